The predicted molar refractivity (Wildman–Crippen MR) is 114 cm³/mol. The maximum atomic E-state index is 12.5. The number of aryl methyl sites for hydroxylation is 3. The van der Waals surface area contributed by atoms with Gasteiger partial charge in [0.05, 0.1) is 5.41 Å². The molecule has 1 atom stereocenters. The maximum absolute atomic E-state index is 12.5. The summed E-state index contributed by atoms with van der Waals surface area (Å²) in [5.41, 5.74) is 4.10. The zero-order valence-electron chi connectivity index (χ0n) is 16.7. The highest BCUT2D eigenvalue weighted by Crippen LogP contribution is 2.47. The van der Waals surface area contributed by atoms with Gasteiger partial charge in [0, 0.05) is 33.9 Å². The van der Waals surface area contributed by atoms with Crippen LogP contribution in [0.25, 0.3) is 21.3 Å². The first-order valence-electron chi connectivity index (χ1n) is 10.1. The van der Waals surface area contributed by atoms with E-state index in [1.165, 1.54) is 23.3 Å². The third-order valence-corrected chi connectivity index (χ3v) is 7.19. The zero-order chi connectivity index (χ0) is 19.9. The van der Waals surface area contributed by atoms with Gasteiger partial charge in [-0.05, 0) is 68.7 Å². The van der Waals surface area contributed by atoms with Crippen LogP contribution in [0.1, 0.15) is 61.2 Å². The van der Waals surface area contributed by atoms with Crippen molar-refractivity contribution in [2.75, 3.05) is 0 Å². The molecule has 3 aromatic heterocycles. The summed E-state index contributed by atoms with van der Waals surface area (Å²) in [4.78, 5) is 24.2. The fraction of sp³-hybridized carbons (Fsp3) is 0.435. The average molecular weight is 395 g/mol. The molecule has 0 saturated heterocycles. The highest BCUT2D eigenvalue weighted by molar-refractivity contribution is 7.19. The largest absolute Gasteiger partial charge is 0.481 e. The molecular formula is C23H26N2O2S. The summed E-state index contributed by atoms with van der Waals surface area (Å²) in [5.74, 6) is -0.784. The number of fused-ring (bicyclic) bond motifs is 3. The van der Waals surface area contributed by atoms with E-state index in [1.54, 1.807) is 17.5 Å². The van der Waals surface area contributed by atoms with Crippen LogP contribution in [0.3, 0.4) is 0 Å². The van der Waals surface area contributed by atoms with E-state index in [4.69, 9.17) is 4.98 Å². The van der Waals surface area contributed by atoms with Crippen LogP contribution in [-0.4, -0.2) is 21.0 Å². The highest BCUT2D eigenvalue weighted by Gasteiger charge is 2.40. The smallest absolute Gasteiger partial charge is 0.313 e. The van der Waals surface area contributed by atoms with Gasteiger partial charge in [-0.1, -0.05) is 19.4 Å². The van der Waals surface area contributed by atoms with E-state index in [9.17, 15) is 9.90 Å². The van der Waals surface area contributed by atoms with Crippen molar-refractivity contribution in [1.82, 2.24) is 9.97 Å². The van der Waals surface area contributed by atoms with E-state index < -0.39 is 11.4 Å². The third kappa shape index (κ3) is 2.93. The Hall–Kier alpha value is -2.27. The Morgan fingerprint density at radius 3 is 2.79 bits per heavy atom. The van der Waals surface area contributed by atoms with Crippen molar-refractivity contribution in [1.29, 1.82) is 0 Å². The Morgan fingerprint density at radius 1 is 1.32 bits per heavy atom. The second-order valence-electron chi connectivity index (χ2n) is 7.97. The number of hydrogen-bond acceptors (Lipinski definition) is 4. The van der Waals surface area contributed by atoms with E-state index in [2.05, 4.69) is 4.98 Å². The van der Waals surface area contributed by atoms with Gasteiger partial charge in [0.2, 0.25) is 0 Å². The molecule has 4 rings (SSSR count). The van der Waals surface area contributed by atoms with Crippen LogP contribution >= 0.6 is 11.3 Å². The minimum atomic E-state index is -0.977. The summed E-state index contributed by atoms with van der Waals surface area (Å²) in [6.07, 6.45) is 9.55. The first kappa shape index (κ1) is 19.1. The Balaban J connectivity index is 2.15. The lowest BCUT2D eigenvalue weighted by atomic mass is 9.73. The SMILES string of the molecule is CCCC(C)(C(=O)O)c1c(C)nc2sc3c(c2c1-c1cccnc1)CCCC3. The summed E-state index contributed by atoms with van der Waals surface area (Å²) in [6, 6.07) is 3.98. The van der Waals surface area contributed by atoms with Gasteiger partial charge in [-0.25, -0.2) is 4.98 Å². The number of hydrogen-bond donors (Lipinski definition) is 1. The van der Waals surface area contributed by atoms with Gasteiger partial charge >= 0.3 is 5.97 Å². The van der Waals surface area contributed by atoms with Crippen LogP contribution in [0, 0.1) is 6.92 Å². The van der Waals surface area contributed by atoms with E-state index >= 15 is 0 Å². The molecule has 3 aromatic rings. The fourth-order valence-corrected chi connectivity index (χ4v) is 6.03. The topological polar surface area (TPSA) is 63.1 Å². The van der Waals surface area contributed by atoms with Crippen molar-refractivity contribution >= 4 is 27.5 Å². The third-order valence-electron chi connectivity index (χ3n) is 6.01. The Bertz CT molecular complexity index is 1040. The van der Waals surface area contributed by atoms with E-state index in [-0.39, 0.29) is 0 Å². The first-order valence-corrected chi connectivity index (χ1v) is 10.9. The van der Waals surface area contributed by atoms with Crippen LogP contribution in [0.15, 0.2) is 24.5 Å². The van der Waals surface area contributed by atoms with Gasteiger partial charge in [0.1, 0.15) is 4.83 Å². The quantitative estimate of drug-likeness (QED) is 0.604. The molecule has 0 fully saturated rings. The molecule has 28 heavy (non-hydrogen) atoms. The molecule has 0 bridgehead atoms. The number of rotatable bonds is 5. The van der Waals surface area contributed by atoms with Gasteiger partial charge in [-0.15, -0.1) is 11.3 Å². The lowest BCUT2D eigenvalue weighted by molar-refractivity contribution is -0.143. The molecule has 1 aliphatic rings. The molecule has 5 heteroatoms. The molecule has 1 N–H and O–H groups in total. The van der Waals surface area contributed by atoms with Crippen molar-refractivity contribution < 1.29 is 9.90 Å². The molecule has 1 unspecified atom stereocenters. The van der Waals surface area contributed by atoms with Crippen molar-refractivity contribution in [3.63, 3.8) is 0 Å². The summed E-state index contributed by atoms with van der Waals surface area (Å²) in [6.45, 7) is 5.86. The highest BCUT2D eigenvalue weighted by atomic mass is 32.1. The minimum Gasteiger partial charge on any atom is -0.481 e. The summed E-state index contributed by atoms with van der Waals surface area (Å²) < 4.78 is 0. The van der Waals surface area contributed by atoms with Crippen molar-refractivity contribution in [2.24, 2.45) is 0 Å². The number of carboxylic acids is 1. The van der Waals surface area contributed by atoms with Crippen LogP contribution in [-0.2, 0) is 23.1 Å². The maximum Gasteiger partial charge on any atom is 0.313 e. The van der Waals surface area contributed by atoms with Gasteiger partial charge < -0.3 is 5.11 Å². The van der Waals surface area contributed by atoms with Gasteiger partial charge in [0.15, 0.2) is 0 Å². The van der Waals surface area contributed by atoms with Crippen LogP contribution in [0.5, 0.6) is 0 Å². The number of pyridine rings is 2. The molecule has 4 nitrogen and oxygen atoms in total. The molecule has 0 radical (unpaired) electrons. The molecule has 0 amide bonds. The Kier molecular flexibility index (Phi) is 4.96. The summed E-state index contributed by atoms with van der Waals surface area (Å²) in [5, 5.41) is 11.4. The summed E-state index contributed by atoms with van der Waals surface area (Å²) in [7, 11) is 0. The number of aliphatic carboxylic acids is 1. The monoisotopic (exact) mass is 394 g/mol. The van der Waals surface area contributed by atoms with Gasteiger partial charge in [-0.3, -0.25) is 9.78 Å². The van der Waals surface area contributed by atoms with E-state index in [1.807, 2.05) is 39.1 Å². The number of carboxylic acid groups (broad SMARTS) is 1. The van der Waals surface area contributed by atoms with Gasteiger partial charge in [0.25, 0.3) is 0 Å². The lowest BCUT2D eigenvalue weighted by Gasteiger charge is -2.29. The van der Waals surface area contributed by atoms with E-state index in [0.717, 1.165) is 51.9 Å². The molecule has 1 aliphatic carbocycles. The van der Waals surface area contributed by atoms with Crippen LogP contribution < -0.4 is 0 Å². The first-order chi connectivity index (χ1) is 13.5. The predicted octanol–water partition coefficient (Wildman–Crippen LogP) is 5.69. The number of thiophene rings is 1. The van der Waals surface area contributed by atoms with Crippen molar-refractivity contribution in [3.05, 3.63) is 46.2 Å². The molecule has 0 aromatic carbocycles. The van der Waals surface area contributed by atoms with Crippen LogP contribution in [0.4, 0.5) is 0 Å². The molecule has 0 saturated carbocycles. The standard InChI is InChI=1S/C23H26N2O2S/c1-4-11-23(3,22(26)27)20-14(2)25-21-19(16-9-5-6-10-17(16)28-21)18(20)15-8-7-12-24-13-15/h7-8,12-13H,4-6,9-11H2,1-3H3,(H,26,27). The average Bonchev–Trinajstić information content (AvgIpc) is 3.05. The summed E-state index contributed by atoms with van der Waals surface area (Å²) >= 11 is 1.78. The number of aromatic nitrogens is 2. The zero-order valence-corrected chi connectivity index (χ0v) is 17.5. The molecule has 3 heterocycles. The Morgan fingerprint density at radius 2 is 2.11 bits per heavy atom. The van der Waals surface area contributed by atoms with Crippen molar-refractivity contribution in [2.45, 2.75) is 64.7 Å². The molecule has 146 valence electrons. The normalized spacial score (nSPS) is 16.0. The fourth-order valence-electron chi connectivity index (χ4n) is 4.72. The molecule has 0 spiro atoms. The molecule has 0 aliphatic heterocycles. The van der Waals surface area contributed by atoms with Gasteiger partial charge in [-0.2, -0.15) is 0 Å². The number of carbonyl (C=O) groups is 1. The second kappa shape index (κ2) is 7.28. The second-order valence-corrected chi connectivity index (χ2v) is 9.05. The van der Waals surface area contributed by atoms with E-state index in [0.29, 0.717) is 6.42 Å². The molecular weight excluding hydrogens is 368 g/mol. The lowest BCUT2D eigenvalue weighted by Crippen LogP contribution is -2.34. The minimum absolute atomic E-state index is 0.579. The van der Waals surface area contributed by atoms with Crippen LogP contribution in [0.2, 0.25) is 0 Å². The number of nitrogens with zero attached hydrogens (tertiary/aromatic N) is 2. The Labute approximate surface area is 169 Å². The van der Waals surface area contributed by atoms with Crippen molar-refractivity contribution in [3.8, 4) is 11.1 Å².